The Morgan fingerprint density at radius 2 is 1.52 bits per heavy atom. The first-order chi connectivity index (χ1) is 11.0. The molecule has 1 aliphatic carbocycles. The SMILES string of the molecule is C=CC1(OC(=O)C(=C)C)c2ccccc2C(=O)c2ccccc21. The highest BCUT2D eigenvalue weighted by molar-refractivity contribution is 6.13. The zero-order valence-electron chi connectivity index (χ0n) is 12.8. The van der Waals surface area contributed by atoms with Gasteiger partial charge in [0.25, 0.3) is 0 Å². The van der Waals surface area contributed by atoms with Crippen LogP contribution in [0.4, 0.5) is 0 Å². The summed E-state index contributed by atoms with van der Waals surface area (Å²) in [6.45, 7) is 9.10. The van der Waals surface area contributed by atoms with Gasteiger partial charge in [-0.3, -0.25) is 4.79 Å². The first kappa shape index (κ1) is 15.0. The fourth-order valence-electron chi connectivity index (χ4n) is 2.91. The minimum Gasteiger partial charge on any atom is -0.441 e. The molecule has 0 heterocycles. The van der Waals surface area contributed by atoms with E-state index in [2.05, 4.69) is 13.2 Å². The molecule has 0 amide bonds. The van der Waals surface area contributed by atoms with E-state index < -0.39 is 11.6 Å². The Labute approximate surface area is 134 Å². The predicted molar refractivity (Wildman–Crippen MR) is 88.2 cm³/mol. The zero-order valence-corrected chi connectivity index (χ0v) is 12.8. The summed E-state index contributed by atoms with van der Waals surface area (Å²) in [5, 5.41) is 0. The fourth-order valence-corrected chi connectivity index (χ4v) is 2.91. The van der Waals surface area contributed by atoms with Crippen molar-refractivity contribution in [1.29, 1.82) is 0 Å². The number of ketones is 1. The molecule has 0 bridgehead atoms. The fraction of sp³-hybridized carbons (Fsp3) is 0.100. The lowest BCUT2D eigenvalue weighted by molar-refractivity contribution is -0.148. The summed E-state index contributed by atoms with van der Waals surface area (Å²) in [4.78, 5) is 25.0. The molecule has 0 radical (unpaired) electrons. The van der Waals surface area contributed by atoms with E-state index in [0.29, 0.717) is 22.3 Å². The lowest BCUT2D eigenvalue weighted by Crippen LogP contribution is -2.38. The van der Waals surface area contributed by atoms with Crippen LogP contribution in [-0.2, 0) is 15.1 Å². The number of ether oxygens (including phenoxy) is 1. The number of rotatable bonds is 3. The van der Waals surface area contributed by atoms with Gasteiger partial charge in [0.2, 0.25) is 0 Å². The van der Waals surface area contributed by atoms with Crippen LogP contribution in [-0.4, -0.2) is 11.8 Å². The van der Waals surface area contributed by atoms with Crippen molar-refractivity contribution in [3.05, 3.63) is 95.6 Å². The number of esters is 1. The molecule has 3 nitrogen and oxygen atoms in total. The highest BCUT2D eigenvalue weighted by atomic mass is 16.6. The molecule has 0 saturated heterocycles. The summed E-state index contributed by atoms with van der Waals surface area (Å²) in [7, 11) is 0. The van der Waals surface area contributed by atoms with E-state index >= 15 is 0 Å². The third kappa shape index (κ3) is 2.13. The van der Waals surface area contributed by atoms with Gasteiger partial charge in [0.05, 0.1) is 0 Å². The Balaban J connectivity index is 2.33. The topological polar surface area (TPSA) is 43.4 Å². The van der Waals surface area contributed by atoms with Gasteiger partial charge in [-0.1, -0.05) is 61.7 Å². The summed E-state index contributed by atoms with van der Waals surface area (Å²) in [5.74, 6) is -0.607. The molecule has 3 heteroatoms. The highest BCUT2D eigenvalue weighted by Gasteiger charge is 2.44. The molecule has 0 saturated carbocycles. The summed E-state index contributed by atoms with van der Waals surface area (Å²) in [5.41, 5.74) is 1.36. The van der Waals surface area contributed by atoms with E-state index in [1.54, 1.807) is 49.4 Å². The van der Waals surface area contributed by atoms with Gasteiger partial charge >= 0.3 is 5.97 Å². The van der Waals surface area contributed by atoms with E-state index in [9.17, 15) is 9.59 Å². The Morgan fingerprint density at radius 3 is 1.96 bits per heavy atom. The van der Waals surface area contributed by atoms with Gasteiger partial charge in [-0.25, -0.2) is 4.79 Å². The second-order valence-electron chi connectivity index (χ2n) is 5.53. The van der Waals surface area contributed by atoms with Crippen LogP contribution in [0.2, 0.25) is 0 Å². The summed E-state index contributed by atoms with van der Waals surface area (Å²) in [6, 6.07) is 14.3. The number of carbonyl (C=O) groups is 2. The Morgan fingerprint density at radius 1 is 1.04 bits per heavy atom. The van der Waals surface area contributed by atoms with Crippen LogP contribution >= 0.6 is 0 Å². The van der Waals surface area contributed by atoms with Gasteiger partial charge in [0, 0.05) is 27.8 Å². The Hall–Kier alpha value is -2.94. The average Bonchev–Trinajstić information content (AvgIpc) is 2.58. The molecule has 0 aromatic heterocycles. The summed E-state index contributed by atoms with van der Waals surface area (Å²) in [6.07, 6.45) is 1.57. The molecule has 2 aromatic carbocycles. The third-order valence-corrected chi connectivity index (χ3v) is 4.03. The molecule has 0 atom stereocenters. The molecule has 2 aromatic rings. The maximum Gasteiger partial charge on any atom is 0.334 e. The highest BCUT2D eigenvalue weighted by Crippen LogP contribution is 2.43. The van der Waals surface area contributed by atoms with Crippen molar-refractivity contribution in [2.24, 2.45) is 0 Å². The van der Waals surface area contributed by atoms with E-state index in [1.165, 1.54) is 0 Å². The van der Waals surface area contributed by atoms with Gasteiger partial charge in [0.15, 0.2) is 11.4 Å². The van der Waals surface area contributed by atoms with Crippen molar-refractivity contribution in [1.82, 2.24) is 0 Å². The predicted octanol–water partition coefficient (Wildman–Crippen LogP) is 3.78. The van der Waals surface area contributed by atoms with Crippen LogP contribution < -0.4 is 0 Å². The lowest BCUT2D eigenvalue weighted by atomic mass is 9.74. The van der Waals surface area contributed by atoms with Gasteiger partial charge in [-0.2, -0.15) is 0 Å². The minimum atomic E-state index is -1.20. The Bertz CT molecular complexity index is 796. The zero-order chi connectivity index (χ0) is 16.6. The van der Waals surface area contributed by atoms with Crippen LogP contribution in [0, 0.1) is 0 Å². The number of fused-ring (bicyclic) bond motifs is 2. The monoisotopic (exact) mass is 304 g/mol. The van der Waals surface area contributed by atoms with E-state index in [4.69, 9.17) is 4.74 Å². The van der Waals surface area contributed by atoms with Crippen LogP contribution in [0.1, 0.15) is 34.0 Å². The van der Waals surface area contributed by atoms with Crippen LogP contribution in [0.25, 0.3) is 0 Å². The second-order valence-corrected chi connectivity index (χ2v) is 5.53. The summed E-state index contributed by atoms with van der Waals surface area (Å²) >= 11 is 0. The number of carbonyl (C=O) groups excluding carboxylic acids is 2. The average molecular weight is 304 g/mol. The molecular weight excluding hydrogens is 288 g/mol. The van der Waals surface area contributed by atoms with Gasteiger partial charge in [0.1, 0.15) is 0 Å². The smallest absolute Gasteiger partial charge is 0.334 e. The van der Waals surface area contributed by atoms with Crippen LogP contribution in [0.3, 0.4) is 0 Å². The molecule has 114 valence electrons. The normalized spacial score (nSPS) is 14.4. The molecule has 1 aliphatic rings. The molecule has 23 heavy (non-hydrogen) atoms. The van der Waals surface area contributed by atoms with Crippen molar-refractivity contribution >= 4 is 11.8 Å². The van der Waals surface area contributed by atoms with Crippen molar-refractivity contribution in [2.45, 2.75) is 12.5 Å². The Kier molecular flexibility index (Phi) is 3.49. The van der Waals surface area contributed by atoms with Crippen molar-refractivity contribution in [2.75, 3.05) is 0 Å². The lowest BCUT2D eigenvalue weighted by Gasteiger charge is -2.37. The molecule has 0 fully saturated rings. The van der Waals surface area contributed by atoms with Gasteiger partial charge in [-0.05, 0) is 13.0 Å². The van der Waals surface area contributed by atoms with Crippen molar-refractivity contribution < 1.29 is 14.3 Å². The van der Waals surface area contributed by atoms with Crippen molar-refractivity contribution in [3.8, 4) is 0 Å². The number of hydrogen-bond acceptors (Lipinski definition) is 3. The quantitative estimate of drug-likeness (QED) is 0.492. The number of benzene rings is 2. The standard InChI is InChI=1S/C20H16O3/c1-4-20(23-19(22)13(2)3)16-11-7-5-9-14(16)18(21)15-10-6-8-12-17(15)20/h4-12H,1-2H2,3H3. The molecule has 3 rings (SSSR count). The largest absolute Gasteiger partial charge is 0.441 e. The molecule has 0 N–H and O–H groups in total. The molecule has 0 aliphatic heterocycles. The second kappa shape index (κ2) is 5.36. The van der Waals surface area contributed by atoms with E-state index in [-0.39, 0.29) is 11.4 Å². The van der Waals surface area contributed by atoms with Gasteiger partial charge in [-0.15, -0.1) is 0 Å². The third-order valence-electron chi connectivity index (χ3n) is 4.03. The summed E-state index contributed by atoms with van der Waals surface area (Å²) < 4.78 is 5.78. The first-order valence-electron chi connectivity index (χ1n) is 7.27. The van der Waals surface area contributed by atoms with Crippen LogP contribution in [0.5, 0.6) is 0 Å². The van der Waals surface area contributed by atoms with E-state index in [0.717, 1.165) is 0 Å². The van der Waals surface area contributed by atoms with Crippen LogP contribution in [0.15, 0.2) is 73.3 Å². The van der Waals surface area contributed by atoms with Gasteiger partial charge < -0.3 is 4.74 Å². The molecule has 0 unspecified atom stereocenters. The maximum atomic E-state index is 12.7. The first-order valence-corrected chi connectivity index (χ1v) is 7.27. The number of hydrogen-bond donors (Lipinski definition) is 0. The van der Waals surface area contributed by atoms with E-state index in [1.807, 2.05) is 12.1 Å². The molecule has 0 spiro atoms. The minimum absolute atomic E-state index is 0.0833. The molecular formula is C20H16O3. The van der Waals surface area contributed by atoms with Crippen molar-refractivity contribution in [3.63, 3.8) is 0 Å². The maximum absolute atomic E-state index is 12.7.